The first kappa shape index (κ1) is 22.1. The fraction of sp³-hybridized carbons (Fsp3) is 0.125. The normalized spacial score (nSPS) is 11.6. The molecule has 3 aromatic rings. The van der Waals surface area contributed by atoms with Crippen molar-refractivity contribution < 1.29 is 22.3 Å². The molecule has 158 valence electrons. The fourth-order valence-electron chi connectivity index (χ4n) is 2.88. The number of nitriles is 1. The molecule has 31 heavy (non-hydrogen) atoms. The highest BCUT2D eigenvalue weighted by molar-refractivity contribution is 7.95. The standard InChI is InChI=1S/C24H20FNO4S/c1-17-10-12-20(13-11-17)31(27,28)21(15-26)14-18-7-5-9-23(29-2)24(18)30-16-19-6-3-4-8-22(19)25/h3-14H,16H2,1-2H3. The van der Waals surface area contributed by atoms with Crippen LogP contribution in [0.2, 0.25) is 0 Å². The minimum atomic E-state index is -4.03. The zero-order valence-corrected chi connectivity index (χ0v) is 17.8. The summed E-state index contributed by atoms with van der Waals surface area (Å²) in [5.74, 6) is 0.115. The Balaban J connectivity index is 2.03. The highest BCUT2D eigenvalue weighted by Crippen LogP contribution is 2.34. The SMILES string of the molecule is COc1cccc(C=C(C#N)S(=O)(=O)c2ccc(C)cc2)c1OCc1ccccc1F. The van der Waals surface area contributed by atoms with Gasteiger partial charge in [0.1, 0.15) is 23.4 Å². The highest BCUT2D eigenvalue weighted by Gasteiger charge is 2.22. The lowest BCUT2D eigenvalue weighted by atomic mass is 10.1. The number of sulfone groups is 1. The molecule has 0 heterocycles. The van der Waals surface area contributed by atoms with Crippen LogP contribution in [-0.2, 0) is 16.4 Å². The van der Waals surface area contributed by atoms with Crippen molar-refractivity contribution in [3.8, 4) is 17.6 Å². The van der Waals surface area contributed by atoms with Crippen LogP contribution in [0, 0.1) is 24.1 Å². The molecule has 0 aliphatic rings. The number of hydrogen-bond donors (Lipinski definition) is 0. The second kappa shape index (κ2) is 9.45. The number of para-hydroxylation sites is 1. The monoisotopic (exact) mass is 437 g/mol. The first-order valence-electron chi connectivity index (χ1n) is 9.33. The van der Waals surface area contributed by atoms with Gasteiger partial charge in [0, 0.05) is 11.1 Å². The average molecular weight is 437 g/mol. The third kappa shape index (κ3) is 4.93. The number of ether oxygens (including phenoxy) is 2. The van der Waals surface area contributed by atoms with Gasteiger partial charge in [-0.2, -0.15) is 5.26 Å². The van der Waals surface area contributed by atoms with E-state index in [1.165, 1.54) is 31.4 Å². The van der Waals surface area contributed by atoms with Gasteiger partial charge in [0.05, 0.1) is 12.0 Å². The van der Waals surface area contributed by atoms with Gasteiger partial charge in [0.15, 0.2) is 11.5 Å². The second-order valence-corrected chi connectivity index (χ2v) is 8.61. The lowest BCUT2D eigenvalue weighted by Crippen LogP contribution is -2.05. The van der Waals surface area contributed by atoms with Crippen LogP contribution in [-0.4, -0.2) is 15.5 Å². The number of methoxy groups -OCH3 is 1. The van der Waals surface area contributed by atoms with Crippen LogP contribution in [0.3, 0.4) is 0 Å². The predicted molar refractivity (Wildman–Crippen MR) is 116 cm³/mol. The van der Waals surface area contributed by atoms with Crippen molar-refractivity contribution in [2.75, 3.05) is 7.11 Å². The van der Waals surface area contributed by atoms with Gasteiger partial charge in [0.2, 0.25) is 9.84 Å². The summed E-state index contributed by atoms with van der Waals surface area (Å²) < 4.78 is 51.0. The van der Waals surface area contributed by atoms with Gasteiger partial charge >= 0.3 is 0 Å². The molecule has 5 nitrogen and oxygen atoms in total. The molecule has 7 heteroatoms. The number of allylic oxidation sites excluding steroid dienone is 1. The van der Waals surface area contributed by atoms with Crippen LogP contribution in [0.15, 0.2) is 76.5 Å². The summed E-state index contributed by atoms with van der Waals surface area (Å²) in [6, 6.07) is 19.1. The molecule has 0 N–H and O–H groups in total. The molecule has 3 rings (SSSR count). The second-order valence-electron chi connectivity index (χ2n) is 6.70. The summed E-state index contributed by atoms with van der Waals surface area (Å²) in [5, 5.41) is 9.58. The molecule has 0 saturated heterocycles. The minimum absolute atomic E-state index is 0.0163. The predicted octanol–water partition coefficient (Wildman–Crippen LogP) is 5.06. The van der Waals surface area contributed by atoms with Crippen LogP contribution in [0.25, 0.3) is 6.08 Å². The maximum absolute atomic E-state index is 14.0. The van der Waals surface area contributed by atoms with E-state index in [1.807, 2.05) is 6.92 Å². The van der Waals surface area contributed by atoms with Gasteiger partial charge in [-0.05, 0) is 37.3 Å². The Kier molecular flexibility index (Phi) is 6.73. The van der Waals surface area contributed by atoms with Gasteiger partial charge in [-0.15, -0.1) is 0 Å². The molecule has 0 unspecified atom stereocenters. The third-order valence-corrected chi connectivity index (χ3v) is 6.26. The molecule has 0 spiro atoms. The fourth-order valence-corrected chi connectivity index (χ4v) is 4.03. The molecule has 0 saturated carbocycles. The number of benzene rings is 3. The van der Waals surface area contributed by atoms with Crippen molar-refractivity contribution in [1.82, 2.24) is 0 Å². The smallest absolute Gasteiger partial charge is 0.216 e. The molecule has 0 amide bonds. The summed E-state index contributed by atoms with van der Waals surface area (Å²) in [7, 11) is -2.60. The van der Waals surface area contributed by atoms with Crippen molar-refractivity contribution in [2.24, 2.45) is 0 Å². The number of aryl methyl sites for hydroxylation is 1. The molecule has 0 fully saturated rings. The highest BCUT2D eigenvalue weighted by atomic mass is 32.2. The van der Waals surface area contributed by atoms with Crippen molar-refractivity contribution in [3.05, 3.63) is 94.1 Å². The van der Waals surface area contributed by atoms with E-state index in [9.17, 15) is 18.1 Å². The topological polar surface area (TPSA) is 76.4 Å². The molecule has 0 bridgehead atoms. The Hall–Kier alpha value is -3.63. The van der Waals surface area contributed by atoms with Crippen LogP contribution in [0.4, 0.5) is 4.39 Å². The Bertz CT molecular complexity index is 1260. The zero-order valence-electron chi connectivity index (χ0n) is 17.0. The zero-order chi connectivity index (χ0) is 22.4. The van der Waals surface area contributed by atoms with E-state index >= 15 is 0 Å². The van der Waals surface area contributed by atoms with Crippen molar-refractivity contribution >= 4 is 15.9 Å². The largest absolute Gasteiger partial charge is 0.493 e. The Morgan fingerprint density at radius 1 is 1.06 bits per heavy atom. The molecule has 0 aliphatic carbocycles. The van der Waals surface area contributed by atoms with E-state index in [2.05, 4.69) is 0 Å². The maximum Gasteiger partial charge on any atom is 0.216 e. The van der Waals surface area contributed by atoms with E-state index in [0.29, 0.717) is 16.9 Å². The lowest BCUT2D eigenvalue weighted by Gasteiger charge is -2.14. The van der Waals surface area contributed by atoms with Crippen molar-refractivity contribution in [2.45, 2.75) is 18.4 Å². The van der Waals surface area contributed by atoms with E-state index in [0.717, 1.165) is 5.56 Å². The van der Waals surface area contributed by atoms with Crippen molar-refractivity contribution in [3.63, 3.8) is 0 Å². The quantitative estimate of drug-likeness (QED) is 0.483. The first-order chi connectivity index (χ1) is 14.9. The van der Waals surface area contributed by atoms with Gasteiger partial charge in [-0.3, -0.25) is 0 Å². The summed E-state index contributed by atoms with van der Waals surface area (Å²) in [6.07, 6.45) is 1.23. The van der Waals surface area contributed by atoms with Crippen LogP contribution >= 0.6 is 0 Å². The molecular weight excluding hydrogens is 417 g/mol. The number of nitrogens with zero attached hydrogens (tertiary/aromatic N) is 1. The van der Waals surface area contributed by atoms with E-state index in [4.69, 9.17) is 9.47 Å². The Morgan fingerprint density at radius 2 is 1.77 bits per heavy atom. The summed E-state index contributed by atoms with van der Waals surface area (Å²) in [5.41, 5.74) is 1.55. The van der Waals surface area contributed by atoms with E-state index in [1.54, 1.807) is 54.6 Å². The molecule has 0 aromatic heterocycles. The minimum Gasteiger partial charge on any atom is -0.493 e. The van der Waals surface area contributed by atoms with Gasteiger partial charge in [-0.1, -0.05) is 48.0 Å². The summed E-state index contributed by atoms with van der Waals surface area (Å²) >= 11 is 0. The Labute approximate surface area is 180 Å². The van der Waals surface area contributed by atoms with Crippen molar-refractivity contribution in [1.29, 1.82) is 5.26 Å². The third-order valence-electron chi connectivity index (χ3n) is 4.58. The summed E-state index contributed by atoms with van der Waals surface area (Å²) in [6.45, 7) is 1.74. The van der Waals surface area contributed by atoms with Gasteiger partial charge < -0.3 is 9.47 Å². The molecular formula is C24H20FNO4S. The van der Waals surface area contributed by atoms with E-state index in [-0.39, 0.29) is 17.3 Å². The van der Waals surface area contributed by atoms with E-state index < -0.39 is 20.6 Å². The Morgan fingerprint density at radius 3 is 2.42 bits per heavy atom. The van der Waals surface area contributed by atoms with Gasteiger partial charge in [-0.25, -0.2) is 12.8 Å². The molecule has 0 atom stereocenters. The van der Waals surface area contributed by atoms with Crippen LogP contribution in [0.1, 0.15) is 16.7 Å². The first-order valence-corrected chi connectivity index (χ1v) is 10.8. The van der Waals surface area contributed by atoms with Crippen LogP contribution in [0.5, 0.6) is 11.5 Å². The number of halogens is 1. The molecule has 0 aliphatic heterocycles. The average Bonchev–Trinajstić information content (AvgIpc) is 2.77. The van der Waals surface area contributed by atoms with Crippen LogP contribution < -0.4 is 9.47 Å². The lowest BCUT2D eigenvalue weighted by molar-refractivity contribution is 0.279. The number of hydrogen-bond acceptors (Lipinski definition) is 5. The summed E-state index contributed by atoms with van der Waals surface area (Å²) in [4.78, 5) is -0.428. The molecule has 3 aromatic carbocycles. The maximum atomic E-state index is 14.0. The van der Waals surface area contributed by atoms with Gasteiger partial charge in [0.25, 0.3) is 0 Å². The molecule has 0 radical (unpaired) electrons. The number of rotatable bonds is 7.